The first kappa shape index (κ1) is 32.6. The zero-order chi connectivity index (χ0) is 33.2. The number of nitrogens with zero attached hydrogens (tertiary/aromatic N) is 3. The summed E-state index contributed by atoms with van der Waals surface area (Å²) in [4.78, 5) is 31.1. The molecule has 0 radical (unpaired) electrons. The number of halogens is 6. The lowest BCUT2D eigenvalue weighted by Crippen LogP contribution is -2.53. The molecule has 1 aromatic heterocycles. The number of morpholine rings is 1. The minimum atomic E-state index is -4.73. The van der Waals surface area contributed by atoms with Crippen molar-refractivity contribution in [2.24, 2.45) is 0 Å². The highest BCUT2D eigenvalue weighted by molar-refractivity contribution is 6.33. The number of rotatable bonds is 7. The van der Waals surface area contributed by atoms with Gasteiger partial charge in [0.15, 0.2) is 0 Å². The highest BCUT2D eigenvalue weighted by Crippen LogP contribution is 2.35. The Hall–Kier alpha value is -4.80. The third kappa shape index (κ3) is 6.59. The Labute approximate surface area is 264 Å². The third-order valence-corrected chi connectivity index (χ3v) is 7.87. The van der Waals surface area contributed by atoms with Gasteiger partial charge in [-0.05, 0) is 35.9 Å². The summed E-state index contributed by atoms with van der Waals surface area (Å²) >= 11 is 6.44. The van der Waals surface area contributed by atoms with E-state index in [4.69, 9.17) is 21.1 Å². The molecule has 0 aliphatic carbocycles. The molecule has 4 aromatic rings. The van der Waals surface area contributed by atoms with E-state index in [1.54, 1.807) is 42.6 Å². The van der Waals surface area contributed by atoms with E-state index in [1.165, 1.54) is 6.07 Å². The highest BCUT2D eigenvalue weighted by Gasteiger charge is 2.46. The summed E-state index contributed by atoms with van der Waals surface area (Å²) in [6, 6.07) is 11.3. The van der Waals surface area contributed by atoms with Gasteiger partial charge in [0.25, 0.3) is 5.91 Å². The van der Waals surface area contributed by atoms with Crippen molar-refractivity contribution in [2.75, 3.05) is 31.8 Å². The first-order valence-corrected chi connectivity index (χ1v) is 14.2. The predicted molar refractivity (Wildman–Crippen MR) is 158 cm³/mol. The van der Waals surface area contributed by atoms with E-state index in [9.17, 15) is 28.0 Å². The van der Waals surface area contributed by atoms with Crippen LogP contribution in [0.15, 0.2) is 60.8 Å². The number of esters is 1. The summed E-state index contributed by atoms with van der Waals surface area (Å²) in [6.07, 6.45) is -3.36. The largest absolute Gasteiger partial charge is 0.467 e. The van der Waals surface area contributed by atoms with Crippen LogP contribution in [0.4, 0.5) is 27.6 Å². The second-order valence-electron chi connectivity index (χ2n) is 10.3. The Bertz CT molecular complexity index is 1840. The first-order chi connectivity index (χ1) is 21.9. The number of fused-ring (bicyclic) bond motifs is 1. The number of nitriles is 1. The van der Waals surface area contributed by atoms with E-state index < -0.39 is 59.6 Å². The number of carbonyl (C=O) groups excluding carboxylic acids is 2. The second kappa shape index (κ2) is 13.3. The van der Waals surface area contributed by atoms with E-state index in [2.05, 4.69) is 10.3 Å². The average molecular weight is 659 g/mol. The van der Waals surface area contributed by atoms with E-state index in [0.29, 0.717) is 50.3 Å². The van der Waals surface area contributed by atoms with Gasteiger partial charge in [-0.15, -0.1) is 0 Å². The van der Waals surface area contributed by atoms with Crippen LogP contribution in [0.1, 0.15) is 21.5 Å². The van der Waals surface area contributed by atoms with Crippen LogP contribution >= 0.6 is 11.6 Å². The number of amides is 1. The monoisotopic (exact) mass is 658 g/mol. The smallest absolute Gasteiger partial charge is 0.411 e. The van der Waals surface area contributed by atoms with Crippen LogP contribution in [0.2, 0.25) is 5.02 Å². The lowest BCUT2D eigenvalue weighted by molar-refractivity contribution is -0.167. The molecular formula is C32H24ClF5N4O4. The van der Waals surface area contributed by atoms with Crippen LogP contribution in [0, 0.1) is 23.0 Å². The molecule has 0 bridgehead atoms. The number of carbonyl (C=O) groups is 2. The summed E-state index contributed by atoms with van der Waals surface area (Å²) in [7, 11) is 1.08. The van der Waals surface area contributed by atoms with Crippen LogP contribution in [0.3, 0.4) is 0 Å². The fourth-order valence-corrected chi connectivity index (χ4v) is 5.62. The molecule has 1 amide bonds. The van der Waals surface area contributed by atoms with Crippen molar-refractivity contribution in [1.29, 1.82) is 5.26 Å². The number of ether oxygens (including phenoxy) is 2. The Morgan fingerprint density at radius 1 is 1.15 bits per heavy atom. The Morgan fingerprint density at radius 3 is 2.52 bits per heavy atom. The lowest BCUT2D eigenvalue weighted by Gasteiger charge is -2.38. The molecule has 1 N–H and O–H groups in total. The fraction of sp³-hybridized carbons (Fsp3) is 0.250. The number of anilines is 1. The number of hydrogen-bond donors (Lipinski definition) is 1. The van der Waals surface area contributed by atoms with Gasteiger partial charge in [0.1, 0.15) is 29.3 Å². The molecule has 8 nitrogen and oxygen atoms in total. The van der Waals surface area contributed by atoms with Crippen molar-refractivity contribution >= 4 is 40.1 Å². The average Bonchev–Trinajstić information content (AvgIpc) is 3.03. The van der Waals surface area contributed by atoms with Gasteiger partial charge in [-0.3, -0.25) is 9.78 Å². The molecule has 5 rings (SSSR count). The number of methoxy groups -OCH3 is 1. The lowest BCUT2D eigenvalue weighted by atomic mass is 9.94. The third-order valence-electron chi connectivity index (χ3n) is 7.56. The van der Waals surface area contributed by atoms with E-state index in [-0.39, 0.29) is 19.6 Å². The van der Waals surface area contributed by atoms with E-state index in [0.717, 1.165) is 12.0 Å². The molecule has 14 heteroatoms. The summed E-state index contributed by atoms with van der Waals surface area (Å²) in [5.41, 5.74) is 1.12. The molecule has 1 aliphatic heterocycles. The van der Waals surface area contributed by atoms with Crippen molar-refractivity contribution < 1.29 is 41.0 Å². The van der Waals surface area contributed by atoms with Crippen molar-refractivity contribution in [3.05, 3.63) is 94.1 Å². The number of pyridine rings is 1. The molecule has 238 valence electrons. The zero-order valence-corrected chi connectivity index (χ0v) is 24.8. The molecule has 2 heterocycles. The maximum absolute atomic E-state index is 15.2. The standard InChI is InChI=1S/C32H24ClF5N4O4/c1-45-31(44)26(12-18-5-7-22(29-20(18)3-2-8-40-29)21-6-4-17(15-39)11-23(21)33)41-30(43)28-24(34)13-19(14-25(28)35)42-9-10-46-16-27(42)32(36,37)38/h2-8,11,13-14,26-27H,9-10,12,16H2,1H3,(H,41,43)/t26-,27?/m0/s1. The Morgan fingerprint density at radius 2 is 1.87 bits per heavy atom. The first-order valence-electron chi connectivity index (χ1n) is 13.8. The zero-order valence-electron chi connectivity index (χ0n) is 24.0. The maximum Gasteiger partial charge on any atom is 0.411 e. The topological polar surface area (TPSA) is 105 Å². The SMILES string of the molecule is COC(=O)[C@H](Cc1ccc(-c2ccc(C#N)cc2Cl)c2ncccc12)NC(=O)c1c(F)cc(N2CCOCC2C(F)(F)F)cc1F. The molecule has 1 fully saturated rings. The van der Waals surface area contributed by atoms with Crippen molar-refractivity contribution in [3.63, 3.8) is 0 Å². The van der Waals surface area contributed by atoms with Gasteiger partial charge in [-0.1, -0.05) is 35.9 Å². The molecule has 1 saturated heterocycles. The van der Waals surface area contributed by atoms with Gasteiger partial charge in [-0.2, -0.15) is 18.4 Å². The summed E-state index contributed by atoms with van der Waals surface area (Å²) < 4.78 is 80.7. The molecule has 0 spiro atoms. The van der Waals surface area contributed by atoms with Gasteiger partial charge in [0.2, 0.25) is 0 Å². The molecule has 0 saturated carbocycles. The van der Waals surface area contributed by atoms with Crippen molar-refractivity contribution in [2.45, 2.75) is 24.7 Å². The summed E-state index contributed by atoms with van der Waals surface area (Å²) in [6.45, 7) is -1.09. The van der Waals surface area contributed by atoms with Gasteiger partial charge in [-0.25, -0.2) is 13.6 Å². The molecule has 2 atom stereocenters. The van der Waals surface area contributed by atoms with E-state index in [1.807, 2.05) is 6.07 Å². The molecule has 1 aliphatic rings. The van der Waals surface area contributed by atoms with Crippen LogP contribution in [0.25, 0.3) is 22.0 Å². The molecule has 1 unspecified atom stereocenters. The number of hydrogen-bond acceptors (Lipinski definition) is 7. The summed E-state index contributed by atoms with van der Waals surface area (Å²) in [5.74, 6) is -5.05. The maximum atomic E-state index is 15.2. The van der Waals surface area contributed by atoms with Crippen LogP contribution in [-0.2, 0) is 20.7 Å². The number of nitrogens with one attached hydrogen (secondary N) is 1. The van der Waals surface area contributed by atoms with Crippen molar-refractivity contribution in [3.8, 4) is 17.2 Å². The quantitative estimate of drug-likeness (QED) is 0.192. The molecule has 3 aromatic carbocycles. The highest BCUT2D eigenvalue weighted by atomic mass is 35.5. The van der Waals surface area contributed by atoms with Crippen LogP contribution in [0.5, 0.6) is 0 Å². The minimum Gasteiger partial charge on any atom is -0.467 e. The normalized spacial score (nSPS) is 15.7. The van der Waals surface area contributed by atoms with Gasteiger partial charge in [0, 0.05) is 46.4 Å². The van der Waals surface area contributed by atoms with Gasteiger partial charge < -0.3 is 19.7 Å². The Kier molecular flexibility index (Phi) is 9.41. The van der Waals surface area contributed by atoms with Crippen molar-refractivity contribution in [1.82, 2.24) is 10.3 Å². The number of alkyl halides is 3. The molecular weight excluding hydrogens is 635 g/mol. The second-order valence-corrected chi connectivity index (χ2v) is 10.7. The molecule has 46 heavy (non-hydrogen) atoms. The van der Waals surface area contributed by atoms with Gasteiger partial charge >= 0.3 is 12.1 Å². The Balaban J connectivity index is 1.44. The fourth-order valence-electron chi connectivity index (χ4n) is 5.34. The number of benzene rings is 3. The van der Waals surface area contributed by atoms with Crippen LogP contribution in [-0.4, -0.2) is 62.0 Å². The van der Waals surface area contributed by atoms with Gasteiger partial charge in [0.05, 0.1) is 37.5 Å². The van der Waals surface area contributed by atoms with Crippen LogP contribution < -0.4 is 10.2 Å². The van der Waals surface area contributed by atoms with E-state index >= 15 is 8.78 Å². The number of aromatic nitrogens is 1. The summed E-state index contributed by atoms with van der Waals surface area (Å²) in [5, 5.41) is 12.4. The minimum absolute atomic E-state index is 0.0927. The predicted octanol–water partition coefficient (Wildman–Crippen LogP) is 5.99.